The predicted octanol–water partition coefficient (Wildman–Crippen LogP) is -1.04. The van der Waals surface area contributed by atoms with Gasteiger partial charge in [-0.15, -0.1) is 0 Å². The summed E-state index contributed by atoms with van der Waals surface area (Å²) in [6.45, 7) is 0. The number of hydrogen-bond acceptors (Lipinski definition) is 4. The van der Waals surface area contributed by atoms with E-state index in [0.29, 0.717) is 16.9 Å². The maximum absolute atomic E-state index is 12.1. The first-order valence-corrected chi connectivity index (χ1v) is 6.29. The minimum absolute atomic E-state index is 0. The summed E-state index contributed by atoms with van der Waals surface area (Å²) in [6.07, 6.45) is 2.78. The van der Waals surface area contributed by atoms with Crippen LogP contribution in [0.2, 0.25) is 0 Å². The number of ketones is 1. The van der Waals surface area contributed by atoms with Crippen LogP contribution in [0.5, 0.6) is 5.75 Å². The van der Waals surface area contributed by atoms with E-state index < -0.39 is 5.97 Å². The summed E-state index contributed by atoms with van der Waals surface area (Å²) in [5, 5.41) is 11.0. The first-order valence-electron chi connectivity index (χ1n) is 6.29. The number of carboxylic acids is 1. The minimum atomic E-state index is -1.28. The number of carbonyl (C=O) groups is 2. The number of carbonyl (C=O) groups excluding carboxylic acids is 2. The molecule has 0 spiro atoms. The van der Waals surface area contributed by atoms with Crippen molar-refractivity contribution in [2.45, 2.75) is 0 Å². The van der Waals surface area contributed by atoms with E-state index in [9.17, 15) is 14.7 Å². The van der Waals surface area contributed by atoms with Crippen molar-refractivity contribution in [1.29, 1.82) is 0 Å². The van der Waals surface area contributed by atoms with Crippen LogP contribution >= 0.6 is 0 Å². The van der Waals surface area contributed by atoms with Crippen LogP contribution in [0.15, 0.2) is 54.6 Å². The van der Waals surface area contributed by atoms with Gasteiger partial charge in [-0.1, -0.05) is 42.5 Å². The minimum Gasteiger partial charge on any atom is -0.545 e. The number of para-hydroxylation sites is 1. The Kier molecular flexibility index (Phi) is 7.05. The molecule has 5 heteroatoms. The first-order chi connectivity index (χ1) is 10.1. The van der Waals surface area contributed by atoms with Crippen LogP contribution in [0.1, 0.15) is 26.3 Å². The van der Waals surface area contributed by atoms with Crippen molar-refractivity contribution < 1.29 is 49.0 Å². The largest absolute Gasteiger partial charge is 1.00 e. The average molecular weight is 304 g/mol. The fourth-order valence-electron chi connectivity index (χ4n) is 1.93. The Morgan fingerprint density at radius 2 is 1.59 bits per heavy atom. The summed E-state index contributed by atoms with van der Waals surface area (Å²) in [7, 11) is 1.49. The Labute approximate surface area is 150 Å². The second-order valence-electron chi connectivity index (χ2n) is 4.27. The second kappa shape index (κ2) is 8.54. The summed E-state index contributed by atoms with van der Waals surface area (Å²) >= 11 is 0. The molecule has 0 unspecified atom stereocenters. The van der Waals surface area contributed by atoms with Crippen LogP contribution in [0, 0.1) is 0 Å². The number of allylic oxidation sites excluding steroid dienone is 1. The molecule has 0 saturated heterocycles. The van der Waals surface area contributed by atoms with Crippen LogP contribution in [0.4, 0.5) is 0 Å². The molecule has 0 saturated carbocycles. The van der Waals surface area contributed by atoms with Gasteiger partial charge in [0.05, 0.1) is 18.6 Å². The molecular formula is C17H13NaO4. The number of benzene rings is 2. The Hall–Kier alpha value is -1.88. The SMILES string of the molecule is COc1ccccc1C(=O)/C=C/c1ccccc1C(=O)[O-].[Na+]. The van der Waals surface area contributed by atoms with Crippen LogP contribution in [0.25, 0.3) is 6.08 Å². The monoisotopic (exact) mass is 304 g/mol. The van der Waals surface area contributed by atoms with E-state index >= 15 is 0 Å². The standard InChI is InChI=1S/C17H14O4.Na/c1-21-16-9-5-4-8-14(16)15(18)11-10-12-6-2-3-7-13(12)17(19)20;/h2-11H,1H3,(H,19,20);/q;+1/p-1/b11-10+;. The third-order valence-electron chi connectivity index (χ3n) is 2.97. The van der Waals surface area contributed by atoms with Gasteiger partial charge in [-0.25, -0.2) is 0 Å². The van der Waals surface area contributed by atoms with Gasteiger partial charge in [-0.3, -0.25) is 4.79 Å². The molecule has 0 aliphatic rings. The molecule has 0 amide bonds. The molecule has 2 aromatic carbocycles. The van der Waals surface area contributed by atoms with Crippen molar-refractivity contribution in [3.8, 4) is 5.75 Å². The van der Waals surface area contributed by atoms with Gasteiger partial charge in [0.1, 0.15) is 5.75 Å². The zero-order valence-electron chi connectivity index (χ0n) is 12.4. The molecular weight excluding hydrogens is 291 g/mol. The van der Waals surface area contributed by atoms with Crippen molar-refractivity contribution >= 4 is 17.8 Å². The van der Waals surface area contributed by atoms with Crippen LogP contribution in [0.3, 0.4) is 0 Å². The molecule has 2 aromatic rings. The van der Waals surface area contributed by atoms with E-state index in [0.717, 1.165) is 0 Å². The topological polar surface area (TPSA) is 66.4 Å². The molecule has 0 aliphatic heterocycles. The quantitative estimate of drug-likeness (QED) is 0.402. The van der Waals surface area contributed by atoms with E-state index in [1.54, 1.807) is 42.5 Å². The zero-order valence-corrected chi connectivity index (χ0v) is 14.4. The van der Waals surface area contributed by atoms with Gasteiger partial charge in [0.2, 0.25) is 0 Å². The molecule has 0 radical (unpaired) electrons. The molecule has 0 fully saturated rings. The summed E-state index contributed by atoms with van der Waals surface area (Å²) in [5.41, 5.74) is 0.879. The van der Waals surface area contributed by atoms with Crippen molar-refractivity contribution in [2.24, 2.45) is 0 Å². The third-order valence-corrected chi connectivity index (χ3v) is 2.97. The molecule has 22 heavy (non-hydrogen) atoms. The molecule has 0 aliphatic carbocycles. The molecule has 2 rings (SSSR count). The maximum Gasteiger partial charge on any atom is 1.00 e. The molecule has 0 N–H and O–H groups in total. The molecule has 0 bridgehead atoms. The normalized spacial score (nSPS) is 10.0. The van der Waals surface area contributed by atoms with E-state index in [2.05, 4.69) is 0 Å². The van der Waals surface area contributed by atoms with Gasteiger partial charge < -0.3 is 14.6 Å². The number of rotatable bonds is 5. The van der Waals surface area contributed by atoms with Gasteiger partial charge in [-0.2, -0.15) is 0 Å². The smallest absolute Gasteiger partial charge is 0.545 e. The average Bonchev–Trinajstić information content (AvgIpc) is 2.52. The van der Waals surface area contributed by atoms with Gasteiger partial charge in [0.15, 0.2) is 5.78 Å². The van der Waals surface area contributed by atoms with Crippen LogP contribution in [-0.4, -0.2) is 18.9 Å². The zero-order chi connectivity index (χ0) is 15.2. The van der Waals surface area contributed by atoms with Crippen molar-refractivity contribution in [2.75, 3.05) is 7.11 Å². The summed E-state index contributed by atoms with van der Waals surface area (Å²) < 4.78 is 5.12. The first kappa shape index (κ1) is 18.2. The van der Waals surface area contributed by atoms with E-state index in [1.165, 1.54) is 25.3 Å². The molecule has 106 valence electrons. The van der Waals surface area contributed by atoms with Crippen LogP contribution < -0.4 is 39.4 Å². The van der Waals surface area contributed by atoms with Crippen molar-refractivity contribution in [3.05, 3.63) is 71.3 Å². The Morgan fingerprint density at radius 1 is 1.00 bits per heavy atom. The van der Waals surface area contributed by atoms with E-state index in [-0.39, 0.29) is 40.9 Å². The van der Waals surface area contributed by atoms with Gasteiger partial charge in [0.25, 0.3) is 0 Å². The number of ether oxygens (including phenoxy) is 1. The predicted molar refractivity (Wildman–Crippen MR) is 77.1 cm³/mol. The van der Waals surface area contributed by atoms with Gasteiger partial charge in [-0.05, 0) is 23.8 Å². The summed E-state index contributed by atoms with van der Waals surface area (Å²) in [5.74, 6) is -1.07. The fourth-order valence-corrected chi connectivity index (χ4v) is 1.93. The van der Waals surface area contributed by atoms with Gasteiger partial charge >= 0.3 is 29.6 Å². The van der Waals surface area contributed by atoms with E-state index in [4.69, 9.17) is 4.74 Å². The second-order valence-corrected chi connectivity index (χ2v) is 4.27. The summed E-state index contributed by atoms with van der Waals surface area (Å²) in [6, 6.07) is 13.2. The van der Waals surface area contributed by atoms with Crippen molar-refractivity contribution in [3.63, 3.8) is 0 Å². The van der Waals surface area contributed by atoms with E-state index in [1.807, 2.05) is 0 Å². The van der Waals surface area contributed by atoms with Gasteiger partial charge in [0, 0.05) is 5.56 Å². The maximum atomic E-state index is 12.1. The van der Waals surface area contributed by atoms with Crippen LogP contribution in [-0.2, 0) is 0 Å². The molecule has 0 atom stereocenters. The fraction of sp³-hybridized carbons (Fsp3) is 0.0588. The molecule has 4 nitrogen and oxygen atoms in total. The number of hydrogen-bond donors (Lipinski definition) is 0. The Bertz CT molecular complexity index is 707. The Balaban J connectivity index is 0.00000242. The molecule has 0 aromatic heterocycles. The summed E-state index contributed by atoms with van der Waals surface area (Å²) in [4.78, 5) is 23.1. The number of methoxy groups -OCH3 is 1. The third kappa shape index (κ3) is 4.31. The molecule has 0 heterocycles. The number of aromatic carboxylic acids is 1. The Morgan fingerprint density at radius 3 is 2.23 bits per heavy atom. The van der Waals surface area contributed by atoms with Crippen molar-refractivity contribution in [1.82, 2.24) is 0 Å². The number of carboxylic acid groups (broad SMARTS) is 1.